The lowest BCUT2D eigenvalue weighted by Crippen LogP contribution is -2.02. The molecular weight excluding hydrogens is 188 g/mol. The molecule has 0 amide bonds. The van der Waals surface area contributed by atoms with Crippen molar-refractivity contribution in [3.8, 4) is 0 Å². The Balaban J connectivity index is 0.000000845. The van der Waals surface area contributed by atoms with E-state index >= 15 is 0 Å². The van der Waals surface area contributed by atoms with Crippen molar-refractivity contribution in [3.05, 3.63) is 30.2 Å². The van der Waals surface area contributed by atoms with Crippen LogP contribution < -0.4 is 5.73 Å². The van der Waals surface area contributed by atoms with Crippen molar-refractivity contribution in [2.75, 3.05) is 6.54 Å². The van der Waals surface area contributed by atoms with E-state index in [0.717, 1.165) is 17.0 Å². The van der Waals surface area contributed by atoms with Gasteiger partial charge in [-0.05, 0) is 12.1 Å². The zero-order valence-electron chi connectivity index (χ0n) is 7.06. The Bertz CT molecular complexity index is 353. The number of benzene rings is 1. The van der Waals surface area contributed by atoms with Crippen LogP contribution in [0, 0.1) is 0 Å². The zero-order valence-corrected chi connectivity index (χ0v) is 7.88. The van der Waals surface area contributed by atoms with Gasteiger partial charge in [-0.25, -0.2) is 4.98 Å². The first-order valence-electron chi connectivity index (χ1n) is 3.94. The van der Waals surface area contributed by atoms with Crippen molar-refractivity contribution >= 4 is 23.5 Å². The first-order chi connectivity index (χ1) is 5.90. The third-order valence-corrected chi connectivity index (χ3v) is 1.70. The molecule has 3 nitrogen and oxygen atoms in total. The van der Waals surface area contributed by atoms with Gasteiger partial charge in [0.25, 0.3) is 0 Å². The predicted molar refractivity (Wildman–Crippen MR) is 54.0 cm³/mol. The second-order valence-corrected chi connectivity index (χ2v) is 2.61. The van der Waals surface area contributed by atoms with E-state index in [1.54, 1.807) is 0 Å². The van der Waals surface area contributed by atoms with Crippen LogP contribution in [0.15, 0.2) is 28.7 Å². The summed E-state index contributed by atoms with van der Waals surface area (Å²) in [4.78, 5) is 4.26. The average Bonchev–Trinajstić information content (AvgIpc) is 2.47. The maximum absolute atomic E-state index is 5.42. The van der Waals surface area contributed by atoms with Crippen molar-refractivity contribution in [2.45, 2.75) is 6.42 Å². The highest BCUT2D eigenvalue weighted by Crippen LogP contribution is 2.14. The summed E-state index contributed by atoms with van der Waals surface area (Å²) in [6.45, 7) is 0.576. The fraction of sp³-hybridized carbons (Fsp3) is 0.222. The van der Waals surface area contributed by atoms with Crippen LogP contribution in [0.3, 0.4) is 0 Å². The Morgan fingerprint density at radius 1 is 1.31 bits per heavy atom. The first-order valence-corrected chi connectivity index (χ1v) is 3.94. The first kappa shape index (κ1) is 10.0. The van der Waals surface area contributed by atoms with Crippen LogP contribution in [0.4, 0.5) is 0 Å². The van der Waals surface area contributed by atoms with Gasteiger partial charge in [0.1, 0.15) is 5.52 Å². The molecule has 2 N–H and O–H groups in total. The number of rotatable bonds is 2. The number of hydrogen-bond acceptors (Lipinski definition) is 3. The third-order valence-electron chi connectivity index (χ3n) is 1.70. The van der Waals surface area contributed by atoms with Gasteiger partial charge in [0.05, 0.1) is 0 Å². The number of aromatic nitrogens is 1. The highest BCUT2D eigenvalue weighted by atomic mass is 35.5. The fourth-order valence-electron chi connectivity index (χ4n) is 1.15. The molecule has 0 aliphatic heterocycles. The highest BCUT2D eigenvalue weighted by Gasteiger charge is 2.02. The Morgan fingerprint density at radius 2 is 2.08 bits per heavy atom. The smallest absolute Gasteiger partial charge is 0.196 e. The van der Waals surface area contributed by atoms with Crippen LogP contribution in [0.25, 0.3) is 11.1 Å². The van der Waals surface area contributed by atoms with Gasteiger partial charge in [0.15, 0.2) is 11.5 Å². The topological polar surface area (TPSA) is 52.0 Å². The van der Waals surface area contributed by atoms with Gasteiger partial charge in [-0.2, -0.15) is 0 Å². The molecule has 1 aromatic heterocycles. The van der Waals surface area contributed by atoms with E-state index in [9.17, 15) is 0 Å². The van der Waals surface area contributed by atoms with Crippen molar-refractivity contribution in [1.82, 2.24) is 4.98 Å². The lowest BCUT2D eigenvalue weighted by molar-refractivity contribution is 0.531. The van der Waals surface area contributed by atoms with Gasteiger partial charge < -0.3 is 10.2 Å². The summed E-state index contributed by atoms with van der Waals surface area (Å²) in [5.74, 6) is 0.721. The highest BCUT2D eigenvalue weighted by molar-refractivity contribution is 5.85. The van der Waals surface area contributed by atoms with Crippen molar-refractivity contribution < 1.29 is 4.42 Å². The van der Waals surface area contributed by atoms with E-state index in [1.165, 1.54) is 0 Å². The van der Waals surface area contributed by atoms with Gasteiger partial charge >= 0.3 is 0 Å². The number of para-hydroxylation sites is 2. The van der Waals surface area contributed by atoms with Gasteiger partial charge in [0, 0.05) is 13.0 Å². The van der Waals surface area contributed by atoms with Gasteiger partial charge in [-0.15, -0.1) is 12.4 Å². The molecule has 0 saturated heterocycles. The standard InChI is InChI=1S/C9H10N2O.ClH/c10-6-5-9-11-7-3-1-2-4-8(7)12-9;/h1-4H,5-6,10H2;1H. The van der Waals surface area contributed by atoms with Crippen molar-refractivity contribution in [2.24, 2.45) is 5.73 Å². The Labute approximate surface area is 82.3 Å². The number of nitrogens with two attached hydrogens (primary N) is 1. The Hall–Kier alpha value is -1.06. The lowest BCUT2D eigenvalue weighted by Gasteiger charge is -1.85. The summed E-state index contributed by atoms with van der Waals surface area (Å²) in [5, 5.41) is 0. The molecule has 0 bridgehead atoms. The van der Waals surface area contributed by atoms with Gasteiger partial charge in [-0.1, -0.05) is 12.1 Å². The molecule has 0 radical (unpaired) electrons. The quantitative estimate of drug-likeness (QED) is 0.800. The molecule has 1 heterocycles. The average molecular weight is 199 g/mol. The van der Waals surface area contributed by atoms with Crippen LogP contribution in [0.2, 0.25) is 0 Å². The molecule has 0 unspecified atom stereocenters. The fourth-order valence-corrected chi connectivity index (χ4v) is 1.15. The maximum atomic E-state index is 5.42. The molecular formula is C9H11ClN2O. The predicted octanol–water partition coefficient (Wildman–Crippen LogP) is 1.75. The summed E-state index contributed by atoms with van der Waals surface area (Å²) >= 11 is 0. The SMILES string of the molecule is Cl.NCCc1nc2ccccc2o1. The summed E-state index contributed by atoms with van der Waals surface area (Å²) in [6, 6.07) is 7.71. The molecule has 4 heteroatoms. The minimum absolute atomic E-state index is 0. The Kier molecular flexibility index (Phi) is 3.28. The van der Waals surface area contributed by atoms with Crippen LogP contribution in [0.5, 0.6) is 0 Å². The van der Waals surface area contributed by atoms with E-state index in [-0.39, 0.29) is 12.4 Å². The van der Waals surface area contributed by atoms with Crippen LogP contribution >= 0.6 is 12.4 Å². The molecule has 13 heavy (non-hydrogen) atoms. The van der Waals surface area contributed by atoms with Crippen LogP contribution in [-0.4, -0.2) is 11.5 Å². The van der Waals surface area contributed by atoms with E-state index in [2.05, 4.69) is 4.98 Å². The van der Waals surface area contributed by atoms with Crippen molar-refractivity contribution in [1.29, 1.82) is 0 Å². The minimum atomic E-state index is 0. The lowest BCUT2D eigenvalue weighted by atomic mass is 10.3. The third kappa shape index (κ3) is 1.99. The van der Waals surface area contributed by atoms with Gasteiger partial charge in [0.2, 0.25) is 0 Å². The van der Waals surface area contributed by atoms with E-state index < -0.39 is 0 Å². The molecule has 0 aliphatic carbocycles. The summed E-state index contributed by atoms with van der Waals surface area (Å²) in [7, 11) is 0. The summed E-state index contributed by atoms with van der Waals surface area (Å²) in [5.41, 5.74) is 7.12. The number of oxazole rings is 1. The number of fused-ring (bicyclic) bond motifs is 1. The summed E-state index contributed by atoms with van der Waals surface area (Å²) < 4.78 is 5.42. The van der Waals surface area contributed by atoms with Gasteiger partial charge in [-0.3, -0.25) is 0 Å². The number of halogens is 1. The van der Waals surface area contributed by atoms with Crippen molar-refractivity contribution in [3.63, 3.8) is 0 Å². The molecule has 1 aromatic carbocycles. The molecule has 0 atom stereocenters. The van der Waals surface area contributed by atoms with Crippen LogP contribution in [-0.2, 0) is 6.42 Å². The normalized spacial score (nSPS) is 9.92. The molecule has 2 rings (SSSR count). The van der Waals surface area contributed by atoms with E-state index in [0.29, 0.717) is 13.0 Å². The van der Waals surface area contributed by atoms with Crippen LogP contribution in [0.1, 0.15) is 5.89 Å². The summed E-state index contributed by atoms with van der Waals surface area (Å²) in [6.07, 6.45) is 0.703. The minimum Gasteiger partial charge on any atom is -0.441 e. The maximum Gasteiger partial charge on any atom is 0.196 e. The number of nitrogens with zero attached hydrogens (tertiary/aromatic N) is 1. The second-order valence-electron chi connectivity index (χ2n) is 2.61. The largest absolute Gasteiger partial charge is 0.441 e. The zero-order chi connectivity index (χ0) is 8.39. The molecule has 0 fully saturated rings. The van der Waals surface area contributed by atoms with E-state index in [1.807, 2.05) is 24.3 Å². The molecule has 70 valence electrons. The Morgan fingerprint density at radius 3 is 2.77 bits per heavy atom. The molecule has 2 aromatic rings. The second kappa shape index (κ2) is 4.25. The molecule has 0 aliphatic rings. The molecule has 0 spiro atoms. The molecule has 0 saturated carbocycles. The monoisotopic (exact) mass is 198 g/mol. The van der Waals surface area contributed by atoms with E-state index in [4.69, 9.17) is 10.2 Å². The number of hydrogen-bond donors (Lipinski definition) is 1.